The van der Waals surface area contributed by atoms with E-state index in [4.69, 9.17) is 0 Å². The minimum Gasteiger partial charge on any atom is -0.316 e. The zero-order valence-electron chi connectivity index (χ0n) is 10.8. The smallest absolute Gasteiger partial charge is 0.246 e. The van der Waals surface area contributed by atoms with Crippen molar-refractivity contribution in [2.75, 3.05) is 20.1 Å². The molecular weight excluding hydrogens is 267 g/mol. The van der Waals surface area contributed by atoms with Crippen LogP contribution in [0.25, 0.3) is 0 Å². The summed E-state index contributed by atoms with van der Waals surface area (Å²) < 4.78 is 39.9. The van der Waals surface area contributed by atoms with Gasteiger partial charge >= 0.3 is 0 Å². The second-order valence-electron chi connectivity index (χ2n) is 4.42. The summed E-state index contributed by atoms with van der Waals surface area (Å²) in [5.74, 6) is -0.692. The Morgan fingerprint density at radius 1 is 1.37 bits per heavy atom. The van der Waals surface area contributed by atoms with Crippen LogP contribution in [0.15, 0.2) is 35.2 Å². The molecule has 0 saturated heterocycles. The van der Waals surface area contributed by atoms with Crippen LogP contribution in [0.4, 0.5) is 4.39 Å². The van der Waals surface area contributed by atoms with Gasteiger partial charge in [0.25, 0.3) is 0 Å². The van der Waals surface area contributed by atoms with Gasteiger partial charge in [-0.05, 0) is 31.2 Å². The van der Waals surface area contributed by atoms with E-state index < -0.39 is 15.8 Å². The van der Waals surface area contributed by atoms with Gasteiger partial charge in [-0.15, -0.1) is 0 Å². The number of nitrogens with zero attached hydrogens (tertiary/aromatic N) is 1. The molecule has 0 saturated carbocycles. The van der Waals surface area contributed by atoms with Crippen LogP contribution in [0.5, 0.6) is 0 Å². The van der Waals surface area contributed by atoms with Gasteiger partial charge in [0.05, 0.1) is 0 Å². The minimum absolute atomic E-state index is 0.248. The minimum atomic E-state index is -3.74. The fraction of sp³-hybridized carbons (Fsp3) is 0.385. The van der Waals surface area contributed by atoms with Gasteiger partial charge in [-0.3, -0.25) is 0 Å². The number of rotatable bonds is 4. The van der Waals surface area contributed by atoms with Crippen molar-refractivity contribution in [3.05, 3.63) is 41.7 Å². The lowest BCUT2D eigenvalue weighted by Crippen LogP contribution is -2.34. The highest BCUT2D eigenvalue weighted by Crippen LogP contribution is 2.22. The van der Waals surface area contributed by atoms with Crippen LogP contribution >= 0.6 is 0 Å². The molecule has 1 aliphatic heterocycles. The van der Waals surface area contributed by atoms with Crippen molar-refractivity contribution >= 4 is 10.0 Å². The molecule has 0 atom stereocenters. The maximum atomic E-state index is 14.0. The lowest BCUT2D eigenvalue weighted by Gasteiger charge is -2.23. The molecule has 0 radical (unpaired) electrons. The van der Waals surface area contributed by atoms with Crippen LogP contribution in [0.2, 0.25) is 0 Å². The van der Waals surface area contributed by atoms with Crippen LogP contribution < -0.4 is 5.32 Å². The van der Waals surface area contributed by atoms with Crippen molar-refractivity contribution < 1.29 is 12.8 Å². The van der Waals surface area contributed by atoms with E-state index in [1.807, 2.05) is 6.08 Å². The molecule has 1 heterocycles. The fourth-order valence-corrected chi connectivity index (χ4v) is 3.50. The van der Waals surface area contributed by atoms with E-state index in [9.17, 15) is 12.8 Å². The van der Waals surface area contributed by atoms with Crippen molar-refractivity contribution in [2.45, 2.75) is 17.9 Å². The Kier molecular flexibility index (Phi) is 4.34. The van der Waals surface area contributed by atoms with E-state index in [1.165, 1.54) is 16.4 Å². The van der Waals surface area contributed by atoms with E-state index in [2.05, 4.69) is 5.32 Å². The molecule has 1 N–H and O–H groups in total. The number of nitrogens with one attached hydrogen (secondary N) is 1. The van der Waals surface area contributed by atoms with Gasteiger partial charge in [0.2, 0.25) is 10.0 Å². The summed E-state index contributed by atoms with van der Waals surface area (Å²) >= 11 is 0. The van der Waals surface area contributed by atoms with E-state index in [0.29, 0.717) is 26.1 Å². The lowest BCUT2D eigenvalue weighted by atomic mass is 10.2. The molecule has 1 aromatic rings. The topological polar surface area (TPSA) is 49.4 Å². The number of hydrogen-bond acceptors (Lipinski definition) is 3. The summed E-state index contributed by atoms with van der Waals surface area (Å²) in [4.78, 5) is -0.248. The predicted octanol–water partition coefficient (Wildman–Crippen LogP) is 1.50. The SMILES string of the molecule is CNCc1ccc(S(=O)(=O)N2CC=CCC2)c(F)c1. The Balaban J connectivity index is 2.32. The molecule has 0 fully saturated rings. The van der Waals surface area contributed by atoms with Gasteiger partial charge in [0, 0.05) is 19.6 Å². The molecule has 19 heavy (non-hydrogen) atoms. The highest BCUT2D eigenvalue weighted by Gasteiger charge is 2.27. The van der Waals surface area contributed by atoms with Crippen LogP contribution in [0.3, 0.4) is 0 Å². The van der Waals surface area contributed by atoms with E-state index >= 15 is 0 Å². The first-order valence-electron chi connectivity index (χ1n) is 6.14. The number of hydrogen-bond donors (Lipinski definition) is 1. The first-order valence-corrected chi connectivity index (χ1v) is 7.58. The standard InChI is InChI=1S/C13H17FN2O2S/c1-15-10-11-5-6-13(12(14)9-11)19(17,18)16-7-3-2-4-8-16/h2-3,5-6,9,15H,4,7-8,10H2,1H3. The summed E-state index contributed by atoms with van der Waals surface area (Å²) in [6.07, 6.45) is 4.38. The first-order chi connectivity index (χ1) is 9.05. The first kappa shape index (κ1) is 14.2. The van der Waals surface area contributed by atoms with Crippen LogP contribution in [-0.2, 0) is 16.6 Å². The third-order valence-electron chi connectivity index (χ3n) is 3.02. The van der Waals surface area contributed by atoms with Crippen LogP contribution in [-0.4, -0.2) is 32.9 Å². The van der Waals surface area contributed by atoms with Gasteiger partial charge in [-0.25, -0.2) is 12.8 Å². The molecule has 0 spiro atoms. The second-order valence-corrected chi connectivity index (χ2v) is 6.32. The molecule has 0 bridgehead atoms. The average Bonchev–Trinajstić information content (AvgIpc) is 2.40. The van der Waals surface area contributed by atoms with E-state index in [0.717, 1.165) is 5.56 Å². The molecule has 0 amide bonds. The Morgan fingerprint density at radius 3 is 2.74 bits per heavy atom. The molecule has 0 unspecified atom stereocenters. The second kappa shape index (κ2) is 5.81. The molecule has 1 aliphatic rings. The van der Waals surface area contributed by atoms with Gasteiger partial charge < -0.3 is 5.32 Å². The molecule has 104 valence electrons. The number of halogens is 1. The maximum Gasteiger partial charge on any atom is 0.246 e. The summed E-state index contributed by atoms with van der Waals surface area (Å²) in [5, 5.41) is 2.90. The van der Waals surface area contributed by atoms with Gasteiger partial charge in [-0.1, -0.05) is 18.2 Å². The van der Waals surface area contributed by atoms with Crippen molar-refractivity contribution in [3.63, 3.8) is 0 Å². The van der Waals surface area contributed by atoms with Gasteiger partial charge in [-0.2, -0.15) is 4.31 Å². The molecule has 0 aliphatic carbocycles. The Hall–Kier alpha value is -1.24. The summed E-state index contributed by atoms with van der Waals surface area (Å²) in [6, 6.07) is 4.24. The zero-order chi connectivity index (χ0) is 13.9. The van der Waals surface area contributed by atoms with Crippen molar-refractivity contribution in [1.29, 1.82) is 0 Å². The molecular formula is C13H17FN2O2S. The zero-order valence-corrected chi connectivity index (χ0v) is 11.6. The Morgan fingerprint density at radius 2 is 2.16 bits per heavy atom. The maximum absolute atomic E-state index is 14.0. The van der Waals surface area contributed by atoms with Gasteiger partial charge in [0.15, 0.2) is 0 Å². The molecule has 4 nitrogen and oxygen atoms in total. The largest absolute Gasteiger partial charge is 0.316 e. The number of benzene rings is 1. The average molecular weight is 284 g/mol. The fourth-order valence-electron chi connectivity index (χ4n) is 2.04. The third kappa shape index (κ3) is 3.02. The predicted molar refractivity (Wildman–Crippen MR) is 71.7 cm³/mol. The van der Waals surface area contributed by atoms with Crippen LogP contribution in [0.1, 0.15) is 12.0 Å². The monoisotopic (exact) mass is 284 g/mol. The van der Waals surface area contributed by atoms with Crippen molar-refractivity contribution in [3.8, 4) is 0 Å². The summed E-state index contributed by atoms with van der Waals surface area (Å²) in [6.45, 7) is 1.21. The molecule has 1 aromatic carbocycles. The summed E-state index contributed by atoms with van der Waals surface area (Å²) in [7, 11) is -1.99. The quantitative estimate of drug-likeness (QED) is 0.852. The van der Waals surface area contributed by atoms with Crippen molar-refractivity contribution in [1.82, 2.24) is 9.62 Å². The molecule has 6 heteroatoms. The molecule has 2 rings (SSSR count). The van der Waals surface area contributed by atoms with Crippen molar-refractivity contribution in [2.24, 2.45) is 0 Å². The lowest BCUT2D eigenvalue weighted by molar-refractivity contribution is 0.432. The van der Waals surface area contributed by atoms with Gasteiger partial charge in [0.1, 0.15) is 10.7 Å². The normalized spacial score (nSPS) is 16.7. The Labute approximate surface area is 113 Å². The molecule has 0 aromatic heterocycles. The third-order valence-corrected chi connectivity index (χ3v) is 4.91. The number of sulfonamides is 1. The Bertz CT molecular complexity index is 584. The highest BCUT2D eigenvalue weighted by atomic mass is 32.2. The highest BCUT2D eigenvalue weighted by molar-refractivity contribution is 7.89. The van der Waals surface area contributed by atoms with E-state index in [-0.39, 0.29) is 4.90 Å². The van der Waals surface area contributed by atoms with Crippen LogP contribution in [0, 0.1) is 5.82 Å². The summed E-state index contributed by atoms with van der Waals surface area (Å²) in [5.41, 5.74) is 0.720. The van der Waals surface area contributed by atoms with E-state index in [1.54, 1.807) is 19.2 Å².